The van der Waals surface area contributed by atoms with Crippen LogP contribution in [0.5, 0.6) is 0 Å². The molecule has 1 saturated carbocycles. The van der Waals surface area contributed by atoms with E-state index in [-0.39, 0.29) is 11.5 Å². The topological polar surface area (TPSA) is 38.9 Å². The van der Waals surface area contributed by atoms with Crippen molar-refractivity contribution in [1.82, 2.24) is 4.98 Å². The van der Waals surface area contributed by atoms with Gasteiger partial charge >= 0.3 is 0 Å². The van der Waals surface area contributed by atoms with Crippen molar-refractivity contribution in [3.63, 3.8) is 0 Å². The fourth-order valence-corrected chi connectivity index (χ4v) is 4.86. The lowest BCUT2D eigenvalue weighted by atomic mass is 9.70. The first-order chi connectivity index (χ1) is 10.1. The third-order valence-electron chi connectivity index (χ3n) is 4.69. The molecule has 0 spiro atoms. The average molecular weight is 300 g/mol. The maximum Gasteiger partial charge on any atom is 0.104 e. The number of benzene rings is 1. The van der Waals surface area contributed by atoms with Gasteiger partial charge in [-0.2, -0.15) is 0 Å². The zero-order valence-corrected chi connectivity index (χ0v) is 13.7. The first-order valence-corrected chi connectivity index (χ1v) is 8.74. The molecule has 21 heavy (non-hydrogen) atoms. The Bertz CT molecular complexity index is 595. The van der Waals surface area contributed by atoms with E-state index in [9.17, 15) is 0 Å². The van der Waals surface area contributed by atoms with Gasteiger partial charge in [0.25, 0.3) is 0 Å². The van der Waals surface area contributed by atoms with Gasteiger partial charge in [-0.1, -0.05) is 49.6 Å². The normalized spacial score (nSPS) is 19.4. The molecule has 3 rings (SSSR count). The van der Waals surface area contributed by atoms with Gasteiger partial charge < -0.3 is 5.73 Å². The molecular formula is C18H24N2S. The molecule has 112 valence electrons. The summed E-state index contributed by atoms with van der Waals surface area (Å²) < 4.78 is 0. The Hall–Kier alpha value is -1.19. The molecule has 1 fully saturated rings. The smallest absolute Gasteiger partial charge is 0.104 e. The van der Waals surface area contributed by atoms with Crippen molar-refractivity contribution in [2.45, 2.75) is 57.4 Å². The zero-order valence-electron chi connectivity index (χ0n) is 12.9. The molecule has 0 radical (unpaired) electrons. The highest BCUT2D eigenvalue weighted by atomic mass is 32.1. The Balaban J connectivity index is 2.10. The molecule has 2 aromatic rings. The predicted octanol–water partition coefficient (Wildman–Crippen LogP) is 4.72. The number of nitrogens with zero attached hydrogens (tertiary/aromatic N) is 1. The second kappa shape index (κ2) is 5.90. The molecule has 1 aliphatic carbocycles. The first kappa shape index (κ1) is 14.7. The SMILES string of the molecule is Cc1nc(C2(c3ccccc3)CCCCC2)sc1C(C)N. The summed E-state index contributed by atoms with van der Waals surface area (Å²) in [5.74, 6) is 0. The third kappa shape index (κ3) is 2.65. The maximum absolute atomic E-state index is 6.11. The van der Waals surface area contributed by atoms with Gasteiger partial charge in [0.2, 0.25) is 0 Å². The summed E-state index contributed by atoms with van der Waals surface area (Å²) in [6, 6.07) is 11.0. The van der Waals surface area contributed by atoms with Crippen molar-refractivity contribution in [2.24, 2.45) is 5.73 Å². The van der Waals surface area contributed by atoms with Crippen molar-refractivity contribution >= 4 is 11.3 Å². The van der Waals surface area contributed by atoms with Crippen LogP contribution in [0.15, 0.2) is 30.3 Å². The second-order valence-corrected chi connectivity index (χ2v) is 7.30. The number of thiazole rings is 1. The van der Waals surface area contributed by atoms with Gasteiger partial charge in [-0.25, -0.2) is 4.98 Å². The molecule has 1 unspecified atom stereocenters. The van der Waals surface area contributed by atoms with E-state index < -0.39 is 0 Å². The van der Waals surface area contributed by atoms with Crippen LogP contribution in [0.2, 0.25) is 0 Å². The third-order valence-corrected chi connectivity index (χ3v) is 6.25. The minimum absolute atomic E-state index is 0.0765. The Morgan fingerprint density at radius 3 is 2.38 bits per heavy atom. The van der Waals surface area contributed by atoms with Gasteiger partial charge in [0.05, 0.1) is 5.69 Å². The zero-order chi connectivity index (χ0) is 14.9. The van der Waals surface area contributed by atoms with Crippen molar-refractivity contribution in [3.8, 4) is 0 Å². The van der Waals surface area contributed by atoms with E-state index in [1.165, 1.54) is 47.6 Å². The van der Waals surface area contributed by atoms with Gasteiger partial charge in [0, 0.05) is 16.3 Å². The van der Waals surface area contributed by atoms with Crippen LogP contribution in [0.3, 0.4) is 0 Å². The molecule has 2 nitrogen and oxygen atoms in total. The summed E-state index contributed by atoms with van der Waals surface area (Å²) in [6.45, 7) is 4.15. The maximum atomic E-state index is 6.11. The van der Waals surface area contributed by atoms with E-state index in [1.807, 2.05) is 11.3 Å². The van der Waals surface area contributed by atoms with Crippen molar-refractivity contribution in [2.75, 3.05) is 0 Å². The molecule has 2 N–H and O–H groups in total. The van der Waals surface area contributed by atoms with Gasteiger partial charge in [0.15, 0.2) is 0 Å². The lowest BCUT2D eigenvalue weighted by Gasteiger charge is -2.36. The summed E-state index contributed by atoms with van der Waals surface area (Å²) >= 11 is 1.83. The summed E-state index contributed by atoms with van der Waals surface area (Å²) in [4.78, 5) is 6.18. The van der Waals surface area contributed by atoms with Gasteiger partial charge in [-0.3, -0.25) is 0 Å². The fourth-order valence-electron chi connectivity index (χ4n) is 3.57. The highest BCUT2D eigenvalue weighted by molar-refractivity contribution is 7.12. The molecule has 0 amide bonds. The summed E-state index contributed by atoms with van der Waals surface area (Å²) in [7, 11) is 0. The monoisotopic (exact) mass is 300 g/mol. The number of hydrogen-bond acceptors (Lipinski definition) is 3. The molecule has 1 atom stereocenters. The van der Waals surface area contributed by atoms with Gasteiger partial charge in [-0.15, -0.1) is 11.3 Å². The number of aromatic nitrogens is 1. The van der Waals surface area contributed by atoms with Crippen LogP contribution in [-0.2, 0) is 5.41 Å². The quantitative estimate of drug-likeness (QED) is 0.890. The minimum atomic E-state index is 0.0765. The molecule has 1 heterocycles. The Morgan fingerprint density at radius 1 is 1.14 bits per heavy atom. The Morgan fingerprint density at radius 2 is 1.81 bits per heavy atom. The van der Waals surface area contributed by atoms with Crippen molar-refractivity contribution in [1.29, 1.82) is 0 Å². The number of aryl methyl sites for hydroxylation is 1. The van der Waals surface area contributed by atoms with Crippen LogP contribution >= 0.6 is 11.3 Å². The highest BCUT2D eigenvalue weighted by Gasteiger charge is 2.38. The fraction of sp³-hybridized carbons (Fsp3) is 0.500. The number of nitrogens with two attached hydrogens (primary N) is 1. The van der Waals surface area contributed by atoms with Crippen LogP contribution in [0, 0.1) is 6.92 Å². The molecule has 1 aromatic carbocycles. The largest absolute Gasteiger partial charge is 0.323 e. The molecule has 1 aliphatic rings. The molecule has 0 saturated heterocycles. The molecular weight excluding hydrogens is 276 g/mol. The van der Waals surface area contributed by atoms with E-state index in [1.54, 1.807) is 0 Å². The summed E-state index contributed by atoms with van der Waals surface area (Å²) in [5.41, 5.74) is 8.77. The summed E-state index contributed by atoms with van der Waals surface area (Å²) in [5, 5.41) is 1.28. The molecule has 0 aliphatic heterocycles. The van der Waals surface area contributed by atoms with E-state index in [2.05, 4.69) is 44.2 Å². The molecule has 1 aromatic heterocycles. The van der Waals surface area contributed by atoms with E-state index >= 15 is 0 Å². The van der Waals surface area contributed by atoms with Crippen molar-refractivity contribution < 1.29 is 0 Å². The van der Waals surface area contributed by atoms with Gasteiger partial charge in [0.1, 0.15) is 5.01 Å². The summed E-state index contributed by atoms with van der Waals surface area (Å²) in [6.07, 6.45) is 6.35. The van der Waals surface area contributed by atoms with E-state index in [4.69, 9.17) is 10.7 Å². The van der Waals surface area contributed by atoms with E-state index in [0.29, 0.717) is 0 Å². The molecule has 0 bridgehead atoms. The number of rotatable bonds is 3. The Labute approximate surface area is 131 Å². The van der Waals surface area contributed by atoms with Crippen LogP contribution in [0.25, 0.3) is 0 Å². The number of hydrogen-bond donors (Lipinski definition) is 1. The van der Waals surface area contributed by atoms with Crippen LogP contribution in [0.4, 0.5) is 0 Å². The Kier molecular flexibility index (Phi) is 4.14. The lowest BCUT2D eigenvalue weighted by molar-refractivity contribution is 0.344. The lowest BCUT2D eigenvalue weighted by Crippen LogP contribution is -2.30. The van der Waals surface area contributed by atoms with Crippen molar-refractivity contribution in [3.05, 3.63) is 51.5 Å². The average Bonchev–Trinajstić information content (AvgIpc) is 2.91. The van der Waals surface area contributed by atoms with Crippen LogP contribution in [0.1, 0.15) is 66.2 Å². The highest BCUT2D eigenvalue weighted by Crippen LogP contribution is 2.47. The van der Waals surface area contributed by atoms with Gasteiger partial charge in [-0.05, 0) is 32.3 Å². The first-order valence-electron chi connectivity index (χ1n) is 7.92. The van der Waals surface area contributed by atoms with E-state index in [0.717, 1.165) is 5.69 Å². The second-order valence-electron chi connectivity index (χ2n) is 6.27. The standard InChI is InChI=1S/C18H24N2S/c1-13(19)16-14(2)20-17(21-16)18(11-7-4-8-12-18)15-9-5-3-6-10-15/h3,5-6,9-10,13H,4,7-8,11-12,19H2,1-2H3. The van der Waals surface area contributed by atoms with Crippen LogP contribution in [-0.4, -0.2) is 4.98 Å². The molecule has 3 heteroatoms. The van der Waals surface area contributed by atoms with Crippen LogP contribution < -0.4 is 5.73 Å². The minimum Gasteiger partial charge on any atom is -0.323 e. The predicted molar refractivity (Wildman–Crippen MR) is 89.8 cm³/mol.